The van der Waals surface area contributed by atoms with Gasteiger partial charge in [0.15, 0.2) is 18.2 Å². The van der Waals surface area contributed by atoms with E-state index in [9.17, 15) is 9.18 Å². The Morgan fingerprint density at radius 1 is 1.35 bits per heavy atom. The average molecular weight is 316 g/mol. The highest BCUT2D eigenvalue weighted by Crippen LogP contribution is 2.33. The van der Waals surface area contributed by atoms with Crippen LogP contribution in [0.1, 0.15) is 0 Å². The maximum atomic E-state index is 13.4. The molecule has 0 fully saturated rings. The number of likely N-dealkylation sites (N-methyl/N-ethyl adjacent to an activating group) is 1. The van der Waals surface area contributed by atoms with Gasteiger partial charge in [-0.25, -0.2) is 4.39 Å². The Morgan fingerprint density at radius 2 is 2.17 bits per heavy atom. The summed E-state index contributed by atoms with van der Waals surface area (Å²) in [6, 6.07) is 11.4. The molecule has 0 aromatic heterocycles. The molecule has 120 valence electrons. The van der Waals surface area contributed by atoms with Crippen LogP contribution in [0.2, 0.25) is 0 Å². The number of amides is 1. The van der Waals surface area contributed by atoms with E-state index in [1.165, 1.54) is 12.1 Å². The molecule has 0 unspecified atom stereocenters. The van der Waals surface area contributed by atoms with Gasteiger partial charge in [-0.2, -0.15) is 0 Å². The Balaban J connectivity index is 1.61. The number of para-hydroxylation sites is 1. The molecular formula is C17H17FN2O3. The van der Waals surface area contributed by atoms with Crippen molar-refractivity contribution in [3.8, 4) is 11.5 Å². The molecule has 3 rings (SSSR count). The maximum absolute atomic E-state index is 13.4. The van der Waals surface area contributed by atoms with Crippen LogP contribution in [0.4, 0.5) is 15.8 Å². The molecule has 0 spiro atoms. The minimum atomic E-state index is -0.495. The minimum absolute atomic E-state index is 0.0537. The van der Waals surface area contributed by atoms with E-state index in [1.807, 2.05) is 13.1 Å². The van der Waals surface area contributed by atoms with Gasteiger partial charge in [-0.15, -0.1) is 0 Å². The number of ether oxygens (including phenoxy) is 2. The minimum Gasteiger partial charge on any atom is -0.489 e. The lowest BCUT2D eigenvalue weighted by molar-refractivity contribution is -0.118. The normalized spacial score (nSPS) is 13.0. The molecule has 0 radical (unpaired) electrons. The first kappa shape index (κ1) is 15.1. The van der Waals surface area contributed by atoms with Gasteiger partial charge >= 0.3 is 0 Å². The zero-order valence-electron chi connectivity index (χ0n) is 12.7. The summed E-state index contributed by atoms with van der Waals surface area (Å²) in [6.45, 7) is 1.17. The van der Waals surface area contributed by atoms with E-state index in [0.717, 1.165) is 18.0 Å². The zero-order chi connectivity index (χ0) is 16.2. The molecular weight excluding hydrogens is 299 g/mol. The standard InChI is InChI=1S/C17H17FN2O3/c1-20-8-9-22-16-10-12(6-7-14(16)20)19-17(21)11-23-15-5-3-2-4-13(15)18/h2-7,10H,8-9,11H2,1H3,(H,19,21). The molecule has 0 aliphatic carbocycles. The molecule has 0 atom stereocenters. The maximum Gasteiger partial charge on any atom is 0.262 e. The van der Waals surface area contributed by atoms with Crippen molar-refractivity contribution in [3.63, 3.8) is 0 Å². The predicted molar refractivity (Wildman–Crippen MR) is 85.7 cm³/mol. The number of rotatable bonds is 4. The quantitative estimate of drug-likeness (QED) is 0.942. The first-order valence-corrected chi connectivity index (χ1v) is 7.28. The van der Waals surface area contributed by atoms with Crippen LogP contribution < -0.4 is 19.7 Å². The number of benzene rings is 2. The van der Waals surface area contributed by atoms with Crippen LogP contribution in [0.5, 0.6) is 11.5 Å². The van der Waals surface area contributed by atoms with Gasteiger partial charge in [-0.1, -0.05) is 12.1 Å². The summed E-state index contributed by atoms with van der Waals surface area (Å²) in [6.07, 6.45) is 0. The Morgan fingerprint density at radius 3 is 3.00 bits per heavy atom. The van der Waals surface area contributed by atoms with Crippen molar-refractivity contribution >= 4 is 17.3 Å². The van der Waals surface area contributed by atoms with Crippen molar-refractivity contribution in [1.82, 2.24) is 0 Å². The number of fused-ring (bicyclic) bond motifs is 1. The fraction of sp³-hybridized carbons (Fsp3) is 0.235. The van der Waals surface area contributed by atoms with Crippen LogP contribution in [-0.4, -0.2) is 32.7 Å². The van der Waals surface area contributed by atoms with Crippen molar-refractivity contribution in [1.29, 1.82) is 0 Å². The van der Waals surface area contributed by atoms with Crippen LogP contribution in [-0.2, 0) is 4.79 Å². The molecule has 1 aliphatic rings. The number of carbonyl (C=O) groups excluding carboxylic acids is 1. The van der Waals surface area contributed by atoms with E-state index in [-0.39, 0.29) is 18.3 Å². The number of nitrogens with one attached hydrogen (secondary N) is 1. The SMILES string of the molecule is CN1CCOc2cc(NC(=O)COc3ccccc3F)ccc21. The Hall–Kier alpha value is -2.76. The van der Waals surface area contributed by atoms with Crippen LogP contribution in [0.3, 0.4) is 0 Å². The van der Waals surface area contributed by atoms with Gasteiger partial charge < -0.3 is 19.7 Å². The second kappa shape index (κ2) is 6.56. The fourth-order valence-corrected chi connectivity index (χ4v) is 2.34. The second-order valence-corrected chi connectivity index (χ2v) is 5.22. The summed E-state index contributed by atoms with van der Waals surface area (Å²) in [7, 11) is 1.99. The Kier molecular flexibility index (Phi) is 4.32. The highest BCUT2D eigenvalue weighted by molar-refractivity contribution is 5.92. The Bertz CT molecular complexity index is 721. The summed E-state index contributed by atoms with van der Waals surface area (Å²) >= 11 is 0. The van der Waals surface area contributed by atoms with E-state index in [4.69, 9.17) is 9.47 Å². The first-order valence-electron chi connectivity index (χ1n) is 7.28. The lowest BCUT2D eigenvalue weighted by Gasteiger charge is -2.27. The van der Waals surface area contributed by atoms with E-state index < -0.39 is 5.82 Å². The van der Waals surface area contributed by atoms with Crippen molar-refractivity contribution in [2.75, 3.05) is 37.0 Å². The molecule has 1 heterocycles. The molecule has 0 bridgehead atoms. The molecule has 1 aliphatic heterocycles. The summed E-state index contributed by atoms with van der Waals surface area (Å²) in [5.74, 6) is -0.0764. The largest absolute Gasteiger partial charge is 0.489 e. The highest BCUT2D eigenvalue weighted by Gasteiger charge is 2.15. The van der Waals surface area contributed by atoms with Crippen molar-refractivity contribution in [2.45, 2.75) is 0 Å². The Labute approximate surface area is 133 Å². The molecule has 2 aromatic carbocycles. The molecule has 0 saturated carbocycles. The second-order valence-electron chi connectivity index (χ2n) is 5.22. The molecule has 6 heteroatoms. The number of nitrogens with zero attached hydrogens (tertiary/aromatic N) is 1. The third-order valence-electron chi connectivity index (χ3n) is 3.53. The van der Waals surface area contributed by atoms with Crippen molar-refractivity contribution in [2.24, 2.45) is 0 Å². The smallest absolute Gasteiger partial charge is 0.262 e. The molecule has 2 aromatic rings. The van der Waals surface area contributed by atoms with Crippen LogP contribution in [0.15, 0.2) is 42.5 Å². The summed E-state index contributed by atoms with van der Waals surface area (Å²) in [4.78, 5) is 14.0. The van der Waals surface area contributed by atoms with Crippen LogP contribution in [0, 0.1) is 5.82 Å². The van der Waals surface area contributed by atoms with E-state index in [0.29, 0.717) is 12.3 Å². The molecule has 5 nitrogen and oxygen atoms in total. The number of hydrogen-bond donors (Lipinski definition) is 1. The lowest BCUT2D eigenvalue weighted by atomic mass is 10.2. The number of hydrogen-bond acceptors (Lipinski definition) is 4. The van der Waals surface area contributed by atoms with Gasteiger partial charge in [0.2, 0.25) is 0 Å². The lowest BCUT2D eigenvalue weighted by Crippen LogP contribution is -2.28. The topological polar surface area (TPSA) is 50.8 Å². The molecule has 23 heavy (non-hydrogen) atoms. The first-order chi connectivity index (χ1) is 11.1. The van der Waals surface area contributed by atoms with Crippen LogP contribution >= 0.6 is 0 Å². The van der Waals surface area contributed by atoms with Gasteiger partial charge in [0, 0.05) is 18.8 Å². The van der Waals surface area contributed by atoms with Gasteiger partial charge in [0.25, 0.3) is 5.91 Å². The van der Waals surface area contributed by atoms with Crippen LogP contribution in [0.25, 0.3) is 0 Å². The molecule has 1 N–H and O–H groups in total. The average Bonchev–Trinajstić information content (AvgIpc) is 2.54. The monoisotopic (exact) mass is 316 g/mol. The zero-order valence-corrected chi connectivity index (χ0v) is 12.7. The summed E-state index contributed by atoms with van der Waals surface area (Å²) < 4.78 is 24.2. The van der Waals surface area contributed by atoms with E-state index in [2.05, 4.69) is 10.2 Å². The van der Waals surface area contributed by atoms with Crippen molar-refractivity contribution < 1.29 is 18.7 Å². The van der Waals surface area contributed by atoms with E-state index in [1.54, 1.807) is 24.3 Å². The van der Waals surface area contributed by atoms with Gasteiger partial charge in [0.05, 0.1) is 12.2 Å². The number of carbonyl (C=O) groups is 1. The van der Waals surface area contributed by atoms with Gasteiger partial charge in [0.1, 0.15) is 12.4 Å². The molecule has 1 amide bonds. The van der Waals surface area contributed by atoms with Gasteiger partial charge in [-0.05, 0) is 24.3 Å². The third-order valence-corrected chi connectivity index (χ3v) is 3.53. The predicted octanol–water partition coefficient (Wildman–Crippen LogP) is 2.67. The molecule has 0 saturated heterocycles. The van der Waals surface area contributed by atoms with Gasteiger partial charge in [-0.3, -0.25) is 4.79 Å². The number of anilines is 2. The third kappa shape index (κ3) is 3.53. The van der Waals surface area contributed by atoms with E-state index >= 15 is 0 Å². The van der Waals surface area contributed by atoms with Crippen molar-refractivity contribution in [3.05, 3.63) is 48.3 Å². The summed E-state index contributed by atoms with van der Waals surface area (Å²) in [5, 5.41) is 2.71. The summed E-state index contributed by atoms with van der Waals surface area (Å²) in [5.41, 5.74) is 1.60. The number of halogens is 1. The highest BCUT2D eigenvalue weighted by atomic mass is 19.1. The fourth-order valence-electron chi connectivity index (χ4n) is 2.34.